The van der Waals surface area contributed by atoms with E-state index in [-0.39, 0.29) is 59.7 Å². The Labute approximate surface area is 172 Å². The van der Waals surface area contributed by atoms with Crippen LogP contribution in [0.1, 0.15) is 16.1 Å². The first-order valence-electron chi connectivity index (χ1n) is 8.78. The number of nitrogens with two attached hydrogens (primary N) is 1. The molecule has 1 aliphatic rings. The number of aromatic nitrogens is 1. The first-order chi connectivity index (χ1) is 13.6. The van der Waals surface area contributed by atoms with Crippen LogP contribution in [0.4, 0.5) is 4.39 Å². The molecule has 1 aliphatic heterocycles. The standard InChI is InChI=1S/C18H20ClFN4O4S/c1-22-11-12(9-16(22)18(21)26)29(27,28)24-7-5-23(6-8-24)17(25)10-13-14(19)3-2-4-15(13)20/h2-4,9,11H,5-8,10H2,1H3,(H2,21,26). The highest BCUT2D eigenvalue weighted by Gasteiger charge is 2.31. The second-order valence-corrected chi connectivity index (χ2v) is 9.04. The van der Waals surface area contributed by atoms with Gasteiger partial charge in [0.15, 0.2) is 0 Å². The summed E-state index contributed by atoms with van der Waals surface area (Å²) in [6.07, 6.45) is 1.13. The van der Waals surface area contributed by atoms with Gasteiger partial charge in [-0.1, -0.05) is 17.7 Å². The Hall–Kier alpha value is -2.43. The number of piperazine rings is 1. The lowest BCUT2D eigenvalue weighted by molar-refractivity contribution is -0.131. The summed E-state index contributed by atoms with van der Waals surface area (Å²) in [6, 6.07) is 5.44. The Morgan fingerprint density at radius 3 is 2.41 bits per heavy atom. The van der Waals surface area contributed by atoms with E-state index < -0.39 is 21.7 Å². The number of halogens is 2. The second-order valence-electron chi connectivity index (χ2n) is 6.70. The Kier molecular flexibility index (Phi) is 5.97. The van der Waals surface area contributed by atoms with Crippen LogP contribution in [0.25, 0.3) is 0 Å². The van der Waals surface area contributed by atoms with Crippen LogP contribution in [-0.4, -0.2) is 60.2 Å². The minimum atomic E-state index is -3.83. The molecule has 0 aliphatic carbocycles. The highest BCUT2D eigenvalue weighted by Crippen LogP contribution is 2.22. The van der Waals surface area contributed by atoms with E-state index in [1.165, 1.54) is 51.3 Å². The average Bonchev–Trinajstić information content (AvgIpc) is 3.07. The summed E-state index contributed by atoms with van der Waals surface area (Å²) >= 11 is 5.97. The molecule has 0 atom stereocenters. The third kappa shape index (κ3) is 4.29. The van der Waals surface area contributed by atoms with Gasteiger partial charge in [0.1, 0.15) is 16.4 Å². The van der Waals surface area contributed by atoms with Crippen LogP contribution in [0.5, 0.6) is 0 Å². The van der Waals surface area contributed by atoms with E-state index in [0.717, 1.165) is 0 Å². The molecule has 1 saturated heterocycles. The first kappa shape index (κ1) is 21.3. The molecule has 2 N–H and O–H groups in total. The molecule has 0 bridgehead atoms. The lowest BCUT2D eigenvalue weighted by Gasteiger charge is -2.34. The molecular formula is C18H20ClFN4O4S. The fourth-order valence-corrected chi connectivity index (χ4v) is 4.94. The molecule has 0 radical (unpaired) electrons. The molecule has 156 valence electrons. The smallest absolute Gasteiger partial charge is 0.265 e. The number of carbonyl (C=O) groups excluding carboxylic acids is 2. The molecule has 2 heterocycles. The molecule has 0 saturated carbocycles. The quantitative estimate of drug-likeness (QED) is 0.745. The molecule has 1 aromatic heterocycles. The van der Waals surface area contributed by atoms with Gasteiger partial charge in [-0.3, -0.25) is 9.59 Å². The number of hydrogen-bond acceptors (Lipinski definition) is 4. The molecule has 29 heavy (non-hydrogen) atoms. The summed E-state index contributed by atoms with van der Waals surface area (Å²) < 4.78 is 42.1. The van der Waals surface area contributed by atoms with Gasteiger partial charge in [0.25, 0.3) is 5.91 Å². The van der Waals surface area contributed by atoms with Crippen LogP contribution in [-0.2, 0) is 28.3 Å². The zero-order chi connectivity index (χ0) is 21.3. The topological polar surface area (TPSA) is 106 Å². The van der Waals surface area contributed by atoms with Crippen molar-refractivity contribution in [3.63, 3.8) is 0 Å². The van der Waals surface area contributed by atoms with Crippen molar-refractivity contribution in [3.8, 4) is 0 Å². The predicted octanol–water partition coefficient (Wildman–Crippen LogP) is 0.992. The van der Waals surface area contributed by atoms with E-state index in [1.54, 1.807) is 0 Å². The number of amides is 2. The van der Waals surface area contributed by atoms with Gasteiger partial charge >= 0.3 is 0 Å². The van der Waals surface area contributed by atoms with Gasteiger partial charge in [-0.15, -0.1) is 0 Å². The zero-order valence-corrected chi connectivity index (χ0v) is 17.2. The highest BCUT2D eigenvalue weighted by molar-refractivity contribution is 7.89. The Morgan fingerprint density at radius 2 is 1.86 bits per heavy atom. The SMILES string of the molecule is Cn1cc(S(=O)(=O)N2CCN(C(=O)Cc3c(F)cccc3Cl)CC2)cc1C(N)=O. The normalized spacial score (nSPS) is 15.5. The summed E-state index contributed by atoms with van der Waals surface area (Å²) in [5, 5.41) is 0.175. The lowest BCUT2D eigenvalue weighted by atomic mass is 10.1. The zero-order valence-electron chi connectivity index (χ0n) is 15.6. The Bertz CT molecular complexity index is 1040. The van der Waals surface area contributed by atoms with Gasteiger partial charge in [0.05, 0.1) is 6.42 Å². The van der Waals surface area contributed by atoms with Crippen LogP contribution >= 0.6 is 11.6 Å². The molecule has 0 spiro atoms. The van der Waals surface area contributed by atoms with Crippen molar-refractivity contribution >= 4 is 33.4 Å². The predicted molar refractivity (Wildman–Crippen MR) is 104 cm³/mol. The van der Waals surface area contributed by atoms with Crippen LogP contribution in [0.15, 0.2) is 35.4 Å². The Balaban J connectivity index is 1.67. The van der Waals surface area contributed by atoms with Crippen molar-refractivity contribution in [1.82, 2.24) is 13.8 Å². The van der Waals surface area contributed by atoms with E-state index in [1.807, 2.05) is 0 Å². The number of primary amides is 1. The number of nitrogens with zero attached hydrogens (tertiary/aromatic N) is 3. The minimum Gasteiger partial charge on any atom is -0.364 e. The fourth-order valence-electron chi connectivity index (χ4n) is 3.21. The van der Waals surface area contributed by atoms with Gasteiger partial charge < -0.3 is 15.2 Å². The molecule has 2 aromatic rings. The van der Waals surface area contributed by atoms with E-state index in [9.17, 15) is 22.4 Å². The maximum absolute atomic E-state index is 13.9. The van der Waals surface area contributed by atoms with Crippen molar-refractivity contribution in [2.24, 2.45) is 12.8 Å². The fraction of sp³-hybridized carbons (Fsp3) is 0.333. The molecule has 3 rings (SSSR count). The van der Waals surface area contributed by atoms with Crippen LogP contribution in [0, 0.1) is 5.82 Å². The minimum absolute atomic E-state index is 0.0354. The number of sulfonamides is 1. The average molecular weight is 443 g/mol. The number of carbonyl (C=O) groups is 2. The van der Waals surface area contributed by atoms with Gasteiger partial charge in [-0.05, 0) is 18.2 Å². The first-order valence-corrected chi connectivity index (χ1v) is 10.6. The van der Waals surface area contributed by atoms with Gasteiger partial charge in [0, 0.05) is 50.0 Å². The molecule has 1 aromatic carbocycles. The summed E-state index contributed by atoms with van der Waals surface area (Å²) in [4.78, 5) is 25.3. The summed E-state index contributed by atoms with van der Waals surface area (Å²) in [7, 11) is -2.30. The van der Waals surface area contributed by atoms with Crippen LogP contribution < -0.4 is 5.73 Å². The third-order valence-electron chi connectivity index (χ3n) is 4.85. The number of aryl methyl sites for hydroxylation is 1. The largest absolute Gasteiger partial charge is 0.364 e. The van der Waals surface area contributed by atoms with Crippen LogP contribution in [0.3, 0.4) is 0 Å². The van der Waals surface area contributed by atoms with Crippen molar-refractivity contribution < 1.29 is 22.4 Å². The number of hydrogen-bond donors (Lipinski definition) is 1. The summed E-state index contributed by atoms with van der Waals surface area (Å²) in [5.41, 5.74) is 5.44. The molecule has 2 amide bonds. The van der Waals surface area contributed by atoms with E-state index >= 15 is 0 Å². The van der Waals surface area contributed by atoms with E-state index in [2.05, 4.69) is 0 Å². The van der Waals surface area contributed by atoms with Crippen molar-refractivity contribution in [2.45, 2.75) is 11.3 Å². The summed E-state index contributed by atoms with van der Waals surface area (Å²) in [5.74, 6) is -1.61. The van der Waals surface area contributed by atoms with Crippen molar-refractivity contribution in [2.75, 3.05) is 26.2 Å². The molecular weight excluding hydrogens is 423 g/mol. The van der Waals surface area contributed by atoms with Gasteiger partial charge in [0.2, 0.25) is 15.9 Å². The van der Waals surface area contributed by atoms with E-state index in [0.29, 0.717) is 0 Å². The molecule has 0 unspecified atom stereocenters. The monoisotopic (exact) mass is 442 g/mol. The number of rotatable bonds is 5. The number of benzene rings is 1. The van der Waals surface area contributed by atoms with E-state index in [4.69, 9.17) is 17.3 Å². The van der Waals surface area contributed by atoms with Gasteiger partial charge in [-0.2, -0.15) is 4.31 Å². The van der Waals surface area contributed by atoms with Crippen molar-refractivity contribution in [1.29, 1.82) is 0 Å². The van der Waals surface area contributed by atoms with Crippen LogP contribution in [0.2, 0.25) is 5.02 Å². The molecule has 11 heteroatoms. The third-order valence-corrected chi connectivity index (χ3v) is 7.07. The van der Waals surface area contributed by atoms with Gasteiger partial charge in [-0.25, -0.2) is 12.8 Å². The van der Waals surface area contributed by atoms with Crippen molar-refractivity contribution in [3.05, 3.63) is 52.6 Å². The molecule has 8 nitrogen and oxygen atoms in total. The maximum Gasteiger partial charge on any atom is 0.265 e. The maximum atomic E-state index is 13.9. The highest BCUT2D eigenvalue weighted by atomic mass is 35.5. The second kappa shape index (κ2) is 8.13. The summed E-state index contributed by atoms with van der Waals surface area (Å²) in [6.45, 7) is 0.499. The molecule has 1 fully saturated rings. The Morgan fingerprint density at radius 1 is 1.21 bits per heavy atom. The lowest BCUT2D eigenvalue weighted by Crippen LogP contribution is -2.50.